The summed E-state index contributed by atoms with van der Waals surface area (Å²) in [4.78, 5) is 5.26. The summed E-state index contributed by atoms with van der Waals surface area (Å²) in [5, 5.41) is 0. The largest absolute Gasteiger partial charge is 0.292 e. The molecule has 0 aliphatic carbocycles. The summed E-state index contributed by atoms with van der Waals surface area (Å²) in [7, 11) is 0. The van der Waals surface area contributed by atoms with Crippen molar-refractivity contribution in [2.24, 2.45) is 0 Å². The van der Waals surface area contributed by atoms with Crippen LogP contribution in [-0.4, -0.2) is 9.55 Å². The Morgan fingerprint density at radius 3 is 1.58 bits per heavy atom. The Balaban J connectivity index is 0.000000268. The molecule has 8 aromatic rings. The fraction of sp³-hybridized carbons (Fsp3) is 0.277. The van der Waals surface area contributed by atoms with Crippen molar-refractivity contribution in [2.75, 3.05) is 0 Å². The van der Waals surface area contributed by atoms with Gasteiger partial charge in [0.1, 0.15) is 5.82 Å². The number of fused-ring (bicyclic) bond motifs is 1. The zero-order valence-electron chi connectivity index (χ0n) is 42.4. The lowest BCUT2D eigenvalue weighted by Crippen LogP contribution is -2.00. The van der Waals surface area contributed by atoms with Gasteiger partial charge >= 0.3 is 0 Å². The van der Waals surface area contributed by atoms with Crippen molar-refractivity contribution in [3.05, 3.63) is 232 Å². The highest BCUT2D eigenvalue weighted by molar-refractivity contribution is 5.93. The molecule has 0 N–H and O–H groups in total. The second kappa shape index (κ2) is 27.2. The maximum absolute atomic E-state index is 5.26. The van der Waals surface area contributed by atoms with E-state index in [9.17, 15) is 0 Å². The van der Waals surface area contributed by atoms with Gasteiger partial charge in [-0.25, -0.2) is 4.98 Å². The molecule has 1 aromatic heterocycles. The molecule has 2 nitrogen and oxygen atoms in total. The second-order valence-corrected chi connectivity index (χ2v) is 17.7. The molecule has 7 aromatic carbocycles. The van der Waals surface area contributed by atoms with Crippen molar-refractivity contribution in [1.82, 2.24) is 9.55 Å². The van der Waals surface area contributed by atoms with Crippen LogP contribution < -0.4 is 0 Å². The number of aromatic nitrogens is 2. The first-order valence-electron chi connectivity index (χ1n) is 24.8. The molecule has 0 aliphatic heterocycles. The normalized spacial score (nSPS) is 11.5. The van der Waals surface area contributed by atoms with Crippen molar-refractivity contribution in [1.29, 1.82) is 0 Å². The van der Waals surface area contributed by atoms with E-state index in [1.807, 2.05) is 18.2 Å². The maximum Gasteiger partial charge on any atom is 0.145 e. The first-order valence-corrected chi connectivity index (χ1v) is 24.8. The van der Waals surface area contributed by atoms with Crippen LogP contribution in [0.1, 0.15) is 131 Å². The lowest BCUT2D eigenvalue weighted by molar-refractivity contribution is 0.795. The van der Waals surface area contributed by atoms with Crippen molar-refractivity contribution in [3.63, 3.8) is 0 Å². The molecule has 0 spiro atoms. The van der Waals surface area contributed by atoms with E-state index in [-0.39, 0.29) is 0 Å². The minimum absolute atomic E-state index is 0.977. The number of para-hydroxylation sites is 3. The van der Waals surface area contributed by atoms with Crippen molar-refractivity contribution in [2.45, 2.75) is 121 Å². The zero-order valence-corrected chi connectivity index (χ0v) is 42.4. The molecule has 0 atom stereocenters. The molecule has 0 bridgehead atoms. The summed E-state index contributed by atoms with van der Waals surface area (Å²) in [6.45, 7) is 22.2. The van der Waals surface area contributed by atoms with Crippen LogP contribution in [0.2, 0.25) is 0 Å². The van der Waals surface area contributed by atoms with E-state index in [0.29, 0.717) is 0 Å². The predicted octanol–water partition coefficient (Wildman–Crippen LogP) is 19.0. The Morgan fingerprint density at radius 2 is 1.03 bits per heavy atom. The summed E-state index contributed by atoms with van der Waals surface area (Å²) in [6, 6.07) is 64.4. The van der Waals surface area contributed by atoms with E-state index < -0.39 is 0 Å². The number of hydrogen-bond acceptors (Lipinski definition) is 1. The van der Waals surface area contributed by atoms with Gasteiger partial charge in [0.15, 0.2) is 0 Å². The van der Waals surface area contributed by atoms with Gasteiger partial charge in [0.25, 0.3) is 0 Å². The third-order valence-electron chi connectivity index (χ3n) is 12.7. The molecule has 0 amide bonds. The van der Waals surface area contributed by atoms with Crippen LogP contribution >= 0.6 is 0 Å². The highest BCUT2D eigenvalue weighted by Gasteiger charge is 2.19. The number of hydrogen-bond donors (Lipinski definition) is 0. The number of nitrogens with zero attached hydrogens (tertiary/aromatic N) is 2. The summed E-state index contributed by atoms with van der Waals surface area (Å²) in [6.07, 6.45) is 9.33. The Morgan fingerprint density at radius 1 is 0.493 bits per heavy atom. The van der Waals surface area contributed by atoms with Crippen LogP contribution in [0.4, 0.5) is 0 Å². The average molecular weight is 885 g/mol. The molecule has 67 heavy (non-hydrogen) atoms. The number of unbranched alkanes of at least 4 members (excludes halogenated alkanes) is 2. The lowest BCUT2D eigenvalue weighted by atomic mass is 9.87. The van der Waals surface area contributed by atoms with Crippen LogP contribution in [0.5, 0.6) is 0 Å². The SMILES string of the molecule is CCCCC(=C(C)CC)c1cc(/C(C)=C(\CC)c2ccccc2C)cc(-c2nc3ccccc3n2-c2ccccc2)c1.CCCCc1ccccc1.Cc1ccccc1.Cc1ccccc1C. The summed E-state index contributed by atoms with van der Waals surface area (Å²) < 4.78 is 2.32. The third kappa shape index (κ3) is 15.0. The molecule has 0 fully saturated rings. The zero-order chi connectivity index (χ0) is 48.0. The average Bonchev–Trinajstić information content (AvgIpc) is 3.76. The van der Waals surface area contributed by atoms with Crippen molar-refractivity contribution >= 4 is 27.8 Å². The van der Waals surface area contributed by atoms with Gasteiger partial charge in [0.2, 0.25) is 0 Å². The fourth-order valence-corrected chi connectivity index (χ4v) is 8.34. The Bertz CT molecular complexity index is 2750. The van der Waals surface area contributed by atoms with Crippen molar-refractivity contribution in [3.8, 4) is 17.1 Å². The standard InChI is InChI=1S/C40H44N2.C10H14.C8H10.C7H8/c1-7-10-21-36(28(4)8-2)32-25-31(30(6)35(9-3)37-22-15-14-18-29(37)5)26-33(27-32)40-41-38-23-16-17-24-39(38)42(40)34-19-12-11-13-20-34;1-2-3-7-10-8-5-4-6-9-10;1-7-5-3-4-6-8(7)2;1-7-5-3-2-4-6-7/h11-20,22-27H,7-10,21H2,1-6H3;4-6,8-9H,2-3,7H2,1H3;3-6H,1-2H3;2-6H,1H3/b35-30+,36-28?;;;. The van der Waals surface area contributed by atoms with Gasteiger partial charge in [-0.15, -0.1) is 0 Å². The fourth-order valence-electron chi connectivity index (χ4n) is 8.34. The van der Waals surface area contributed by atoms with Gasteiger partial charge in [0, 0.05) is 11.3 Å². The van der Waals surface area contributed by atoms with Crippen molar-refractivity contribution < 1.29 is 0 Å². The van der Waals surface area contributed by atoms with E-state index in [1.165, 1.54) is 98.9 Å². The first kappa shape index (κ1) is 51.5. The van der Waals surface area contributed by atoms with Gasteiger partial charge in [-0.2, -0.15) is 0 Å². The molecular weight excluding hydrogens is 809 g/mol. The molecule has 346 valence electrons. The third-order valence-corrected chi connectivity index (χ3v) is 12.7. The van der Waals surface area contributed by atoms with Gasteiger partial charge in [-0.1, -0.05) is 191 Å². The van der Waals surface area contributed by atoms with E-state index in [0.717, 1.165) is 47.4 Å². The maximum atomic E-state index is 5.26. The molecule has 1 heterocycles. The summed E-state index contributed by atoms with van der Waals surface area (Å²) in [5.41, 5.74) is 20.9. The second-order valence-electron chi connectivity index (χ2n) is 17.7. The van der Waals surface area contributed by atoms with E-state index in [2.05, 4.69) is 238 Å². The van der Waals surface area contributed by atoms with E-state index >= 15 is 0 Å². The quantitative estimate of drug-likeness (QED) is 0.106. The van der Waals surface area contributed by atoms with Gasteiger partial charge in [-0.3, -0.25) is 4.57 Å². The predicted molar refractivity (Wildman–Crippen MR) is 295 cm³/mol. The van der Waals surface area contributed by atoms with Crippen LogP contribution in [-0.2, 0) is 6.42 Å². The number of rotatable bonds is 13. The molecule has 0 radical (unpaired) electrons. The summed E-state index contributed by atoms with van der Waals surface area (Å²) in [5.74, 6) is 0.983. The van der Waals surface area contributed by atoms with Crippen LogP contribution in [0.3, 0.4) is 0 Å². The highest BCUT2D eigenvalue weighted by atomic mass is 15.1. The van der Waals surface area contributed by atoms with Gasteiger partial charge in [-0.05, 0) is 178 Å². The van der Waals surface area contributed by atoms with E-state index in [4.69, 9.17) is 4.98 Å². The highest BCUT2D eigenvalue weighted by Crippen LogP contribution is 2.38. The minimum atomic E-state index is 0.977. The molecule has 8 rings (SSSR count). The monoisotopic (exact) mass is 885 g/mol. The Hall–Kier alpha value is -6.51. The number of benzene rings is 7. The number of aryl methyl sites for hydroxylation is 5. The Kier molecular flexibility index (Phi) is 20.9. The van der Waals surface area contributed by atoms with Gasteiger partial charge in [0.05, 0.1) is 11.0 Å². The number of allylic oxidation sites excluding steroid dienone is 4. The first-order chi connectivity index (χ1) is 32.6. The Labute approximate surface area is 405 Å². The smallest absolute Gasteiger partial charge is 0.145 e. The molecular formula is C65H76N2. The van der Waals surface area contributed by atoms with Crippen LogP contribution in [0.15, 0.2) is 188 Å². The molecule has 0 unspecified atom stereocenters. The minimum Gasteiger partial charge on any atom is -0.292 e. The number of imidazole rings is 1. The molecule has 2 heteroatoms. The molecule has 0 aliphatic rings. The molecule has 0 saturated heterocycles. The lowest BCUT2D eigenvalue weighted by Gasteiger charge is -2.19. The topological polar surface area (TPSA) is 17.8 Å². The van der Waals surface area contributed by atoms with E-state index in [1.54, 1.807) is 0 Å². The summed E-state index contributed by atoms with van der Waals surface area (Å²) >= 11 is 0. The van der Waals surface area contributed by atoms with Gasteiger partial charge < -0.3 is 0 Å². The van der Waals surface area contributed by atoms with Crippen LogP contribution in [0.25, 0.3) is 44.8 Å². The van der Waals surface area contributed by atoms with Crippen LogP contribution in [0, 0.1) is 27.7 Å². The molecule has 0 saturated carbocycles.